The molecule has 1 aromatic carbocycles. The first-order valence-electron chi connectivity index (χ1n) is 8.90. The molecule has 0 fully saturated rings. The van der Waals surface area contributed by atoms with E-state index in [1.807, 2.05) is 5.38 Å². The zero-order valence-corrected chi connectivity index (χ0v) is 18.1. The molecular formula is C20H20N4O4S2. The number of aromatic nitrogens is 2. The third-order valence-electron chi connectivity index (χ3n) is 3.99. The Kier molecular flexibility index (Phi) is 6.91. The number of nitrogens with zero attached hydrogens (tertiary/aromatic N) is 2. The molecule has 0 aliphatic heterocycles. The highest BCUT2D eigenvalue weighted by atomic mass is 32.2. The van der Waals surface area contributed by atoms with Crippen molar-refractivity contribution in [2.45, 2.75) is 18.6 Å². The van der Waals surface area contributed by atoms with Crippen molar-refractivity contribution in [1.82, 2.24) is 9.55 Å². The van der Waals surface area contributed by atoms with Crippen LogP contribution >= 0.6 is 23.1 Å². The number of ether oxygens (including phenoxy) is 1. The summed E-state index contributed by atoms with van der Waals surface area (Å²) >= 11 is 2.54. The van der Waals surface area contributed by atoms with Crippen LogP contribution in [0.3, 0.4) is 0 Å². The standard InChI is InChI=1S/C20H20N4O4S2/c1-4-8-24-19(27)14-7-9-29-18(14)23-20(24)30-11-17(26)22-15-10-13(21-12(2)25)5-6-16(15)28-3/h4-7,9-10H,1,8,11H2,2-3H3,(H,21,25)(H,22,26). The molecule has 3 rings (SSSR count). The van der Waals surface area contributed by atoms with E-state index >= 15 is 0 Å². The largest absolute Gasteiger partial charge is 0.495 e. The van der Waals surface area contributed by atoms with Gasteiger partial charge in [-0.2, -0.15) is 0 Å². The number of benzene rings is 1. The molecule has 0 atom stereocenters. The van der Waals surface area contributed by atoms with Crippen LogP contribution in [0, 0.1) is 0 Å². The number of carbonyl (C=O) groups is 2. The first-order chi connectivity index (χ1) is 14.4. The van der Waals surface area contributed by atoms with E-state index in [0.717, 1.165) is 11.8 Å². The minimum atomic E-state index is -0.302. The van der Waals surface area contributed by atoms with Crippen LogP contribution in [0.15, 0.2) is 52.3 Å². The van der Waals surface area contributed by atoms with E-state index in [1.165, 1.54) is 29.9 Å². The number of anilines is 2. The fourth-order valence-electron chi connectivity index (χ4n) is 2.73. The summed E-state index contributed by atoms with van der Waals surface area (Å²) in [6.45, 7) is 5.39. The lowest BCUT2D eigenvalue weighted by Gasteiger charge is -2.13. The molecule has 8 nitrogen and oxygen atoms in total. The van der Waals surface area contributed by atoms with Crippen LogP contribution in [-0.4, -0.2) is 34.2 Å². The quantitative estimate of drug-likeness (QED) is 0.314. The van der Waals surface area contributed by atoms with Gasteiger partial charge in [-0.3, -0.25) is 19.0 Å². The Morgan fingerprint density at radius 2 is 2.13 bits per heavy atom. The zero-order chi connectivity index (χ0) is 21.7. The number of nitrogens with one attached hydrogen (secondary N) is 2. The molecule has 0 spiro atoms. The highest BCUT2D eigenvalue weighted by Gasteiger charge is 2.15. The number of hydrogen-bond acceptors (Lipinski definition) is 7. The van der Waals surface area contributed by atoms with Gasteiger partial charge in [0.1, 0.15) is 10.6 Å². The van der Waals surface area contributed by atoms with Crippen LogP contribution in [0.25, 0.3) is 10.2 Å². The zero-order valence-electron chi connectivity index (χ0n) is 16.4. The minimum absolute atomic E-state index is 0.0357. The molecule has 156 valence electrons. The second-order valence-electron chi connectivity index (χ2n) is 6.17. The fourth-order valence-corrected chi connectivity index (χ4v) is 4.35. The van der Waals surface area contributed by atoms with Gasteiger partial charge in [0.25, 0.3) is 5.56 Å². The van der Waals surface area contributed by atoms with Crippen LogP contribution in [0.5, 0.6) is 5.75 Å². The number of amides is 2. The summed E-state index contributed by atoms with van der Waals surface area (Å²) in [5, 5.41) is 8.25. The molecule has 2 heterocycles. The summed E-state index contributed by atoms with van der Waals surface area (Å²) in [5.74, 6) is -0.0233. The van der Waals surface area contributed by atoms with Crippen LogP contribution in [0.2, 0.25) is 0 Å². The smallest absolute Gasteiger partial charge is 0.263 e. The van der Waals surface area contributed by atoms with Gasteiger partial charge in [-0.05, 0) is 29.6 Å². The fraction of sp³-hybridized carbons (Fsp3) is 0.200. The minimum Gasteiger partial charge on any atom is -0.495 e. The topological polar surface area (TPSA) is 102 Å². The van der Waals surface area contributed by atoms with Gasteiger partial charge in [0, 0.05) is 19.2 Å². The first kappa shape index (κ1) is 21.6. The molecule has 30 heavy (non-hydrogen) atoms. The SMILES string of the molecule is C=CCn1c(SCC(=O)Nc2cc(NC(C)=O)ccc2OC)nc2sccc2c1=O. The Labute approximate surface area is 181 Å². The number of rotatable bonds is 8. The third-order valence-corrected chi connectivity index (χ3v) is 5.77. The van der Waals surface area contributed by atoms with Crippen molar-refractivity contribution in [1.29, 1.82) is 0 Å². The summed E-state index contributed by atoms with van der Waals surface area (Å²) < 4.78 is 6.77. The van der Waals surface area contributed by atoms with Crippen molar-refractivity contribution < 1.29 is 14.3 Å². The summed E-state index contributed by atoms with van der Waals surface area (Å²) in [5.41, 5.74) is 0.809. The van der Waals surface area contributed by atoms with Crippen molar-refractivity contribution in [3.05, 3.63) is 52.7 Å². The van der Waals surface area contributed by atoms with E-state index in [4.69, 9.17) is 4.74 Å². The lowest BCUT2D eigenvalue weighted by molar-refractivity contribution is -0.114. The summed E-state index contributed by atoms with van der Waals surface area (Å²) in [6.07, 6.45) is 1.61. The summed E-state index contributed by atoms with van der Waals surface area (Å²) in [6, 6.07) is 6.69. The number of fused-ring (bicyclic) bond motifs is 1. The van der Waals surface area contributed by atoms with Crippen LogP contribution in [0.4, 0.5) is 11.4 Å². The lowest BCUT2D eigenvalue weighted by atomic mass is 10.2. The van der Waals surface area contributed by atoms with Gasteiger partial charge in [0.15, 0.2) is 5.16 Å². The summed E-state index contributed by atoms with van der Waals surface area (Å²) in [4.78, 5) is 41.6. The molecule has 0 aliphatic carbocycles. The van der Waals surface area contributed by atoms with Crippen molar-refractivity contribution in [3.63, 3.8) is 0 Å². The molecule has 3 aromatic rings. The van der Waals surface area contributed by atoms with Gasteiger partial charge in [-0.15, -0.1) is 17.9 Å². The molecule has 2 N–H and O–H groups in total. The number of thioether (sulfide) groups is 1. The Morgan fingerprint density at radius 3 is 2.83 bits per heavy atom. The normalized spacial score (nSPS) is 10.6. The molecule has 10 heteroatoms. The maximum Gasteiger partial charge on any atom is 0.263 e. The summed E-state index contributed by atoms with van der Waals surface area (Å²) in [7, 11) is 1.49. The Bertz CT molecular complexity index is 1170. The van der Waals surface area contributed by atoms with Crippen LogP contribution in [0.1, 0.15) is 6.92 Å². The van der Waals surface area contributed by atoms with E-state index in [0.29, 0.717) is 39.0 Å². The molecule has 0 saturated carbocycles. The average molecular weight is 445 g/mol. The maximum atomic E-state index is 12.7. The Balaban J connectivity index is 1.78. The third kappa shape index (κ3) is 4.89. The predicted octanol–water partition coefficient (Wildman–Crippen LogP) is 3.34. The van der Waals surface area contributed by atoms with E-state index in [9.17, 15) is 14.4 Å². The second kappa shape index (κ2) is 9.59. The van der Waals surface area contributed by atoms with Crippen molar-refractivity contribution in [3.8, 4) is 5.75 Å². The number of carbonyl (C=O) groups excluding carboxylic acids is 2. The molecule has 0 aliphatic rings. The van der Waals surface area contributed by atoms with E-state index in [2.05, 4.69) is 22.2 Å². The molecular weight excluding hydrogens is 424 g/mol. The van der Waals surface area contributed by atoms with Gasteiger partial charge >= 0.3 is 0 Å². The molecule has 0 radical (unpaired) electrons. The first-order valence-corrected chi connectivity index (χ1v) is 10.8. The maximum absolute atomic E-state index is 12.7. The second-order valence-corrected chi connectivity index (χ2v) is 8.01. The van der Waals surface area contributed by atoms with Gasteiger partial charge in [0.05, 0.1) is 23.9 Å². The van der Waals surface area contributed by atoms with Crippen LogP contribution in [-0.2, 0) is 16.1 Å². The molecule has 0 bridgehead atoms. The highest BCUT2D eigenvalue weighted by Crippen LogP contribution is 2.28. The molecule has 2 aromatic heterocycles. The predicted molar refractivity (Wildman–Crippen MR) is 121 cm³/mol. The Morgan fingerprint density at radius 1 is 1.33 bits per heavy atom. The average Bonchev–Trinajstić information content (AvgIpc) is 3.17. The van der Waals surface area contributed by atoms with Crippen molar-refractivity contribution in [2.75, 3.05) is 23.5 Å². The highest BCUT2D eigenvalue weighted by molar-refractivity contribution is 7.99. The number of allylic oxidation sites excluding steroid dienone is 1. The van der Waals surface area contributed by atoms with Crippen LogP contribution < -0.4 is 20.9 Å². The van der Waals surface area contributed by atoms with E-state index < -0.39 is 0 Å². The van der Waals surface area contributed by atoms with Gasteiger partial charge in [-0.1, -0.05) is 17.8 Å². The molecule has 2 amide bonds. The van der Waals surface area contributed by atoms with Gasteiger partial charge < -0.3 is 15.4 Å². The van der Waals surface area contributed by atoms with Crippen molar-refractivity contribution >= 4 is 56.5 Å². The van der Waals surface area contributed by atoms with Crippen molar-refractivity contribution in [2.24, 2.45) is 0 Å². The lowest BCUT2D eigenvalue weighted by Crippen LogP contribution is -2.23. The van der Waals surface area contributed by atoms with Gasteiger partial charge in [0.2, 0.25) is 11.8 Å². The molecule has 0 saturated heterocycles. The van der Waals surface area contributed by atoms with E-state index in [1.54, 1.807) is 30.3 Å². The van der Waals surface area contributed by atoms with E-state index in [-0.39, 0.29) is 23.1 Å². The van der Waals surface area contributed by atoms with Gasteiger partial charge in [-0.25, -0.2) is 4.98 Å². The molecule has 0 unspecified atom stereocenters. The number of hydrogen-bond donors (Lipinski definition) is 2. The number of thiophene rings is 1. The number of methoxy groups -OCH3 is 1. The Hall–Kier alpha value is -3.11. The monoisotopic (exact) mass is 444 g/mol.